The molecule has 2 aromatic heterocycles. The normalized spacial score (nSPS) is 18.6. The second-order valence-corrected chi connectivity index (χ2v) is 32.2. The third-order valence-corrected chi connectivity index (χ3v) is 23.8. The Balaban J connectivity index is 0.000000253. The number of nitrogens with two attached hydrogens (primary N) is 1. The Morgan fingerprint density at radius 3 is 1.21 bits per heavy atom. The van der Waals surface area contributed by atoms with E-state index in [9.17, 15) is 33.6 Å². The minimum Gasteiger partial charge on any atom is -0.494 e. The average molecular weight is 1640 g/mol. The van der Waals surface area contributed by atoms with Gasteiger partial charge in [0.1, 0.15) is 34.5 Å². The molecule has 0 bridgehead atoms. The van der Waals surface area contributed by atoms with Crippen molar-refractivity contribution in [2.45, 2.75) is 213 Å². The van der Waals surface area contributed by atoms with Gasteiger partial charge < -0.3 is 60.5 Å². The number of fused-ring (bicyclic) bond motifs is 2. The van der Waals surface area contributed by atoms with Crippen molar-refractivity contribution in [2.24, 2.45) is 35.5 Å². The van der Waals surface area contributed by atoms with Gasteiger partial charge in [0.05, 0.1) is 76.1 Å². The number of unbranched alkanes of at least 4 members (excludes halogenated alkanes) is 6. The average Bonchev–Trinajstić information content (AvgIpc) is 1.47. The Kier molecular flexibility index (Phi) is 41.1. The van der Waals surface area contributed by atoms with Gasteiger partial charge in [0.2, 0.25) is 0 Å². The molecule has 6 aromatic carbocycles. The molecule has 0 aliphatic heterocycles. The number of para-hydroxylation sites is 2. The number of thiazole rings is 2. The van der Waals surface area contributed by atoms with E-state index in [1.54, 1.807) is 65.9 Å². The summed E-state index contributed by atoms with van der Waals surface area (Å²) in [6.07, 6.45) is 30.6. The van der Waals surface area contributed by atoms with Crippen molar-refractivity contribution < 1.29 is 71.5 Å². The zero-order valence-electron chi connectivity index (χ0n) is 67.8. The molecule has 4 fully saturated rings. The highest BCUT2D eigenvalue weighted by molar-refractivity contribution is 7.22. The van der Waals surface area contributed by atoms with Gasteiger partial charge >= 0.3 is 35.8 Å². The lowest BCUT2D eigenvalue weighted by atomic mass is 9.77. The molecule has 630 valence electrons. The summed E-state index contributed by atoms with van der Waals surface area (Å²) in [4.78, 5) is 94.2. The van der Waals surface area contributed by atoms with E-state index in [1.165, 1.54) is 98.1 Å². The van der Waals surface area contributed by atoms with E-state index in [0.29, 0.717) is 140 Å². The van der Waals surface area contributed by atoms with Crippen LogP contribution in [0.15, 0.2) is 159 Å². The first-order valence-electron chi connectivity index (χ1n) is 41.3. The summed E-state index contributed by atoms with van der Waals surface area (Å²) in [6.45, 7) is 13.2. The van der Waals surface area contributed by atoms with Crippen LogP contribution in [-0.2, 0) is 38.2 Å². The van der Waals surface area contributed by atoms with Crippen molar-refractivity contribution in [2.75, 3.05) is 44.5 Å². The topological polar surface area (TPSA) is 316 Å². The first kappa shape index (κ1) is 94.1. The number of carbonyl (C=O) groups excluding carboxylic acids is 7. The Morgan fingerprint density at radius 2 is 0.838 bits per heavy atom. The summed E-state index contributed by atoms with van der Waals surface area (Å²) in [5, 5.41) is 12.6. The molecule has 0 radical (unpaired) electrons. The number of hydrogen-bond donors (Lipinski definition) is 4. The van der Waals surface area contributed by atoms with Gasteiger partial charge in [-0.05, 0) is 286 Å². The number of hydrogen-bond acceptors (Lipinski definition) is 23. The molecule has 0 amide bonds. The molecule has 0 atom stereocenters. The summed E-state index contributed by atoms with van der Waals surface area (Å²) in [5.41, 5.74) is 11.0. The van der Waals surface area contributed by atoms with Gasteiger partial charge in [0, 0.05) is 31.0 Å². The van der Waals surface area contributed by atoms with Crippen molar-refractivity contribution in [3.05, 3.63) is 181 Å². The standard InChI is InChI=1S/C39H51NO7.C39H50O8.C8H8N2S.C7H6N2S.CH4.H3N/c2*1-3-9-28-10-12-29(13-11-28)32-18-23-36(33(26-32)27-40)47-39(43)31-16-14-30(15-17-31)38(42)46-35-21-19-34(20-22-35)44-24-7-5-6-8-25-45-37(41)4-2;1-9-8-10-6-4-2-3-5-7(6)11-8;8-7-9-5-3-1-2-4-6(5)10-7;;/h4,18-23,26-31,40H,2-3,5-17,24-25H2,1H3;4,18-23,26-31H,2-3,5-17,24-25H2,1H3;2-5H,1H3,(H,9,10);1-4H,(H2,8,9);1H4;1H3. The molecule has 2 heterocycles. The minimum atomic E-state index is -0.394. The van der Waals surface area contributed by atoms with Gasteiger partial charge in [-0.15, -0.1) is 0 Å². The van der Waals surface area contributed by atoms with Gasteiger partial charge in [-0.2, -0.15) is 0 Å². The molecule has 4 saturated carbocycles. The lowest BCUT2D eigenvalue weighted by Crippen LogP contribution is -2.30. The van der Waals surface area contributed by atoms with Crippen LogP contribution in [0.2, 0.25) is 0 Å². The highest BCUT2D eigenvalue weighted by atomic mass is 32.1. The maximum absolute atomic E-state index is 13.1. The number of nitrogen functional groups attached to an aromatic ring is 1. The summed E-state index contributed by atoms with van der Waals surface area (Å²) in [5.74, 6) is 2.52. The monoisotopic (exact) mass is 1640 g/mol. The first-order valence-corrected chi connectivity index (χ1v) is 43.0. The Labute approximate surface area is 699 Å². The van der Waals surface area contributed by atoms with Crippen LogP contribution >= 0.6 is 22.7 Å². The second-order valence-electron chi connectivity index (χ2n) is 30.1. The number of aromatic nitrogens is 2. The Hall–Kier alpha value is -10.1. The van der Waals surface area contributed by atoms with Crippen LogP contribution in [0.25, 0.3) is 20.4 Å². The number of benzene rings is 6. The number of rotatable bonds is 35. The molecule has 117 heavy (non-hydrogen) atoms. The Bertz CT molecular complexity index is 4130. The van der Waals surface area contributed by atoms with Crippen LogP contribution < -0.4 is 45.6 Å². The van der Waals surface area contributed by atoms with E-state index in [0.717, 1.165) is 115 Å². The highest BCUT2D eigenvalue weighted by Gasteiger charge is 2.35. The molecule has 8 aromatic rings. The quantitative estimate of drug-likeness (QED) is 0.00716. The molecule has 12 rings (SSSR count). The highest BCUT2D eigenvalue weighted by Crippen LogP contribution is 2.42. The predicted molar refractivity (Wildman–Crippen MR) is 467 cm³/mol. The summed E-state index contributed by atoms with van der Waals surface area (Å²) < 4.78 is 46.7. The molecule has 7 N–H and O–H groups in total. The van der Waals surface area contributed by atoms with E-state index < -0.39 is 11.9 Å². The Morgan fingerprint density at radius 1 is 0.470 bits per heavy atom. The molecule has 4 aliphatic carbocycles. The number of ether oxygens (including phenoxy) is 8. The fraction of sp³-hybridized carbons (Fsp3) is 0.468. The van der Waals surface area contributed by atoms with E-state index in [1.807, 2.05) is 73.8 Å². The molecule has 0 unspecified atom stereocenters. The largest absolute Gasteiger partial charge is 0.494 e. The van der Waals surface area contributed by atoms with Crippen molar-refractivity contribution >= 4 is 102 Å². The van der Waals surface area contributed by atoms with Gasteiger partial charge in [0.15, 0.2) is 16.5 Å². The van der Waals surface area contributed by atoms with Gasteiger partial charge in [-0.25, -0.2) is 19.6 Å². The van der Waals surface area contributed by atoms with Gasteiger partial charge in [0.25, 0.3) is 0 Å². The fourth-order valence-corrected chi connectivity index (χ4v) is 16.9. The lowest BCUT2D eigenvalue weighted by molar-refractivity contribution is -0.145. The third kappa shape index (κ3) is 31.0. The van der Waals surface area contributed by atoms with Crippen LogP contribution in [0, 0.1) is 40.9 Å². The number of aldehydes is 1. The molecule has 4 aliphatic rings. The minimum absolute atomic E-state index is 0. The van der Waals surface area contributed by atoms with Crippen molar-refractivity contribution in [1.82, 2.24) is 16.1 Å². The zero-order valence-corrected chi connectivity index (χ0v) is 69.4. The predicted octanol–water partition coefficient (Wildman–Crippen LogP) is 22.3. The van der Waals surface area contributed by atoms with Crippen LogP contribution in [0.4, 0.5) is 10.3 Å². The van der Waals surface area contributed by atoms with E-state index in [-0.39, 0.29) is 61.1 Å². The van der Waals surface area contributed by atoms with Crippen LogP contribution in [0.5, 0.6) is 34.5 Å². The number of carbonyl (C=O) groups is 7. The van der Waals surface area contributed by atoms with Crippen molar-refractivity contribution in [1.29, 1.82) is 5.41 Å². The van der Waals surface area contributed by atoms with Crippen molar-refractivity contribution in [3.63, 3.8) is 0 Å². The molecule has 23 heteroatoms. The SMILES string of the molecule is C.C=CC(=O)OCCCCCCOc1ccc(OC(=O)C2CCC(C(=O)Oc3ccc(C4CCC(CCC)CC4)cc3C=N)CC2)cc1.C=CC(=O)OCCCCCCOc1ccc(OC(=O)C2CCC(C(=O)Oc3ccc(C4CCC(CCC)CC4)cc3C=O)CC2)cc1.CNc1nc2ccccc2s1.N.Nc1nc2ccccc2s1. The number of nitrogens with one attached hydrogen (secondary N) is 2. The number of esters is 6. The molecule has 21 nitrogen and oxygen atoms in total. The molecular formula is C94H122N6O15S2. The molecular weight excluding hydrogens is 1520 g/mol. The van der Waals surface area contributed by atoms with Gasteiger partial charge in [-0.3, -0.25) is 24.0 Å². The third-order valence-electron chi connectivity index (χ3n) is 21.9. The van der Waals surface area contributed by atoms with E-state index in [2.05, 4.69) is 54.4 Å². The van der Waals surface area contributed by atoms with E-state index in [4.69, 9.17) is 49.0 Å². The number of anilines is 2. The first-order chi connectivity index (χ1) is 56.0. The van der Waals surface area contributed by atoms with Crippen LogP contribution in [-0.4, -0.2) is 91.8 Å². The van der Waals surface area contributed by atoms with Crippen molar-refractivity contribution in [3.8, 4) is 34.5 Å². The summed E-state index contributed by atoms with van der Waals surface area (Å²) in [7, 11) is 1.89. The molecule has 0 spiro atoms. The lowest BCUT2D eigenvalue weighted by Gasteiger charge is -2.29. The number of nitrogens with zero attached hydrogens (tertiary/aromatic N) is 2. The van der Waals surface area contributed by atoms with E-state index >= 15 is 0 Å². The maximum Gasteiger partial charge on any atom is 0.330 e. The van der Waals surface area contributed by atoms with Crippen LogP contribution in [0.3, 0.4) is 0 Å². The molecule has 0 saturated heterocycles. The van der Waals surface area contributed by atoms with Gasteiger partial charge in [-0.1, -0.05) is 119 Å². The zero-order chi connectivity index (χ0) is 81.5. The maximum atomic E-state index is 13.1. The smallest absolute Gasteiger partial charge is 0.330 e. The summed E-state index contributed by atoms with van der Waals surface area (Å²) in [6, 6.07) is 41.7. The second kappa shape index (κ2) is 51.2. The fourth-order valence-electron chi connectivity index (χ4n) is 15.4. The summed E-state index contributed by atoms with van der Waals surface area (Å²) >= 11 is 3.19. The van der Waals surface area contributed by atoms with Crippen LogP contribution in [0.1, 0.15) is 240 Å².